The molecule has 0 bridgehead atoms. The molecule has 6 nitrogen and oxygen atoms in total. The lowest BCUT2D eigenvalue weighted by molar-refractivity contribution is -0.131. The number of urea groups is 1. The van der Waals surface area contributed by atoms with Crippen molar-refractivity contribution in [2.45, 2.75) is 13.0 Å². The molecule has 7 heteroatoms. The quantitative estimate of drug-likeness (QED) is 0.823. The zero-order chi connectivity index (χ0) is 14.0. The van der Waals surface area contributed by atoms with E-state index in [4.69, 9.17) is 0 Å². The van der Waals surface area contributed by atoms with E-state index in [9.17, 15) is 14.4 Å². The van der Waals surface area contributed by atoms with Gasteiger partial charge in [-0.1, -0.05) is 15.9 Å². The molecule has 1 aliphatic heterocycles. The van der Waals surface area contributed by atoms with Gasteiger partial charge in [0.15, 0.2) is 0 Å². The van der Waals surface area contributed by atoms with Crippen molar-refractivity contribution in [3.8, 4) is 0 Å². The smallest absolute Gasteiger partial charge is 0.325 e. The van der Waals surface area contributed by atoms with Crippen LogP contribution in [0.15, 0.2) is 28.7 Å². The molecule has 1 fully saturated rings. The van der Waals surface area contributed by atoms with E-state index in [1.54, 1.807) is 24.3 Å². The van der Waals surface area contributed by atoms with Crippen LogP contribution < -0.4 is 10.6 Å². The Kier molecular flexibility index (Phi) is 3.84. The van der Waals surface area contributed by atoms with E-state index in [0.717, 1.165) is 9.37 Å². The zero-order valence-electron chi connectivity index (χ0n) is 10.1. The second-order valence-corrected chi connectivity index (χ2v) is 5.01. The molecule has 4 amide bonds. The average molecular weight is 326 g/mol. The largest absolute Gasteiger partial charge is 0.329 e. The molecule has 0 unspecified atom stereocenters. The van der Waals surface area contributed by atoms with Crippen LogP contribution in [0.4, 0.5) is 10.5 Å². The summed E-state index contributed by atoms with van der Waals surface area (Å²) in [4.78, 5) is 35.8. The number of amides is 4. The Morgan fingerprint density at radius 1 is 1.37 bits per heavy atom. The summed E-state index contributed by atoms with van der Waals surface area (Å²) in [6.07, 6.45) is 0. The molecule has 1 aromatic carbocycles. The first-order valence-corrected chi connectivity index (χ1v) is 6.44. The molecule has 1 aliphatic rings. The highest BCUT2D eigenvalue weighted by Crippen LogP contribution is 2.15. The Morgan fingerprint density at radius 2 is 2.00 bits per heavy atom. The SMILES string of the molecule is C[C@H](C(=O)Nc1ccc(Br)cc1)N1C(=O)CNC1=O. The van der Waals surface area contributed by atoms with E-state index in [1.165, 1.54) is 6.92 Å². The van der Waals surface area contributed by atoms with Crippen molar-refractivity contribution >= 4 is 39.5 Å². The Labute approximate surface area is 118 Å². The molecule has 2 N–H and O–H groups in total. The lowest BCUT2D eigenvalue weighted by Crippen LogP contribution is -2.45. The minimum atomic E-state index is -0.848. The Hall–Kier alpha value is -1.89. The van der Waals surface area contributed by atoms with E-state index in [2.05, 4.69) is 26.6 Å². The van der Waals surface area contributed by atoms with Crippen LogP contribution in [0.2, 0.25) is 0 Å². The Balaban J connectivity index is 2.05. The maximum Gasteiger partial charge on any atom is 0.325 e. The predicted octanol–water partition coefficient (Wildman–Crippen LogP) is 1.33. The lowest BCUT2D eigenvalue weighted by Gasteiger charge is -2.20. The van der Waals surface area contributed by atoms with Gasteiger partial charge in [0.1, 0.15) is 6.04 Å². The summed E-state index contributed by atoms with van der Waals surface area (Å²) >= 11 is 3.29. The second kappa shape index (κ2) is 5.40. The maximum absolute atomic E-state index is 12.0. The van der Waals surface area contributed by atoms with Gasteiger partial charge in [-0.2, -0.15) is 0 Å². The number of carbonyl (C=O) groups excluding carboxylic acids is 3. The van der Waals surface area contributed by atoms with Gasteiger partial charge in [-0.05, 0) is 31.2 Å². The summed E-state index contributed by atoms with van der Waals surface area (Å²) in [6.45, 7) is 1.45. The molecule has 0 spiro atoms. The third kappa shape index (κ3) is 2.93. The van der Waals surface area contributed by atoms with Crippen LogP contribution in [0.5, 0.6) is 0 Å². The third-order valence-electron chi connectivity index (χ3n) is 2.76. The molecule has 1 saturated heterocycles. The standard InChI is InChI=1S/C12H12BrN3O3/c1-7(16-10(17)6-14-12(16)19)11(18)15-9-4-2-8(13)3-5-9/h2-5,7H,6H2,1H3,(H,14,19)(H,15,18)/t7-/m1/s1. The first kappa shape index (κ1) is 13.5. The van der Waals surface area contributed by atoms with Crippen LogP contribution in [-0.2, 0) is 9.59 Å². The van der Waals surface area contributed by atoms with Gasteiger partial charge in [0, 0.05) is 10.2 Å². The summed E-state index contributed by atoms with van der Waals surface area (Å²) < 4.78 is 0.896. The van der Waals surface area contributed by atoms with E-state index in [0.29, 0.717) is 5.69 Å². The number of halogens is 1. The molecule has 100 valence electrons. The summed E-state index contributed by atoms with van der Waals surface area (Å²) in [6, 6.07) is 5.63. The normalized spacial score (nSPS) is 16.2. The van der Waals surface area contributed by atoms with Crippen molar-refractivity contribution in [2.24, 2.45) is 0 Å². The van der Waals surface area contributed by atoms with Crippen molar-refractivity contribution in [3.63, 3.8) is 0 Å². The number of nitrogens with one attached hydrogen (secondary N) is 2. The molecule has 1 aromatic rings. The Morgan fingerprint density at radius 3 is 2.53 bits per heavy atom. The second-order valence-electron chi connectivity index (χ2n) is 4.09. The summed E-state index contributed by atoms with van der Waals surface area (Å²) in [5.74, 6) is -0.809. The van der Waals surface area contributed by atoms with Gasteiger partial charge in [-0.15, -0.1) is 0 Å². The maximum atomic E-state index is 12.0. The minimum Gasteiger partial charge on any atom is -0.329 e. The molecule has 0 aromatic heterocycles. The summed E-state index contributed by atoms with van der Waals surface area (Å²) in [7, 11) is 0. The van der Waals surface area contributed by atoms with E-state index >= 15 is 0 Å². The first-order valence-electron chi connectivity index (χ1n) is 5.65. The molecule has 1 atom stereocenters. The van der Waals surface area contributed by atoms with Crippen LogP contribution in [-0.4, -0.2) is 35.3 Å². The molecule has 1 heterocycles. The number of nitrogens with zero attached hydrogens (tertiary/aromatic N) is 1. The minimum absolute atomic E-state index is 0.0608. The van der Waals surface area contributed by atoms with Crippen molar-refractivity contribution in [3.05, 3.63) is 28.7 Å². The molecule has 2 rings (SSSR count). The number of carbonyl (C=O) groups is 3. The topological polar surface area (TPSA) is 78.5 Å². The number of anilines is 1. The van der Waals surface area contributed by atoms with Gasteiger partial charge in [0.2, 0.25) is 5.91 Å². The van der Waals surface area contributed by atoms with Crippen LogP contribution in [0.25, 0.3) is 0 Å². The van der Waals surface area contributed by atoms with Crippen LogP contribution in [0, 0.1) is 0 Å². The van der Waals surface area contributed by atoms with Crippen LogP contribution >= 0.6 is 15.9 Å². The van der Waals surface area contributed by atoms with E-state index in [-0.39, 0.29) is 6.54 Å². The molecular weight excluding hydrogens is 314 g/mol. The Bertz CT molecular complexity index is 514. The molecule has 0 aliphatic carbocycles. The highest BCUT2D eigenvalue weighted by atomic mass is 79.9. The molecular formula is C12H12BrN3O3. The fourth-order valence-corrected chi connectivity index (χ4v) is 1.99. The van der Waals surface area contributed by atoms with Gasteiger partial charge >= 0.3 is 6.03 Å². The van der Waals surface area contributed by atoms with Gasteiger partial charge in [0.25, 0.3) is 5.91 Å². The first-order chi connectivity index (χ1) is 8.99. The average Bonchev–Trinajstić information content (AvgIpc) is 2.71. The van der Waals surface area contributed by atoms with Crippen LogP contribution in [0.3, 0.4) is 0 Å². The summed E-state index contributed by atoms with van der Waals surface area (Å²) in [5.41, 5.74) is 0.604. The van der Waals surface area contributed by atoms with Gasteiger partial charge in [-0.25, -0.2) is 4.79 Å². The van der Waals surface area contributed by atoms with Gasteiger partial charge in [-0.3, -0.25) is 14.5 Å². The highest BCUT2D eigenvalue weighted by molar-refractivity contribution is 9.10. The van der Waals surface area contributed by atoms with E-state index in [1.807, 2.05) is 0 Å². The predicted molar refractivity (Wildman–Crippen MR) is 72.5 cm³/mol. The van der Waals surface area contributed by atoms with Gasteiger partial charge in [0.05, 0.1) is 6.54 Å². The number of hydrogen-bond donors (Lipinski definition) is 2. The fourth-order valence-electron chi connectivity index (χ4n) is 1.72. The highest BCUT2D eigenvalue weighted by Gasteiger charge is 2.36. The van der Waals surface area contributed by atoms with E-state index < -0.39 is 23.9 Å². The summed E-state index contributed by atoms with van der Waals surface area (Å²) in [5, 5.41) is 5.03. The zero-order valence-corrected chi connectivity index (χ0v) is 11.7. The third-order valence-corrected chi connectivity index (χ3v) is 3.29. The molecule has 19 heavy (non-hydrogen) atoms. The number of hydrogen-bond acceptors (Lipinski definition) is 3. The van der Waals surface area contributed by atoms with Crippen molar-refractivity contribution in [2.75, 3.05) is 11.9 Å². The number of rotatable bonds is 3. The van der Waals surface area contributed by atoms with Gasteiger partial charge < -0.3 is 10.6 Å². The number of benzene rings is 1. The van der Waals surface area contributed by atoms with Crippen molar-refractivity contribution in [1.29, 1.82) is 0 Å². The fraction of sp³-hybridized carbons (Fsp3) is 0.250. The lowest BCUT2D eigenvalue weighted by atomic mass is 10.2. The monoisotopic (exact) mass is 325 g/mol. The van der Waals surface area contributed by atoms with Crippen molar-refractivity contribution < 1.29 is 14.4 Å². The van der Waals surface area contributed by atoms with Crippen molar-refractivity contribution in [1.82, 2.24) is 10.2 Å². The molecule has 0 saturated carbocycles. The molecule has 0 radical (unpaired) electrons. The van der Waals surface area contributed by atoms with Crippen LogP contribution in [0.1, 0.15) is 6.92 Å². The number of imide groups is 1.